The lowest BCUT2D eigenvalue weighted by Gasteiger charge is -2.33. The number of likely N-dealkylation sites (N-methyl/N-ethyl adjacent to an activating group) is 1. The van der Waals surface area contributed by atoms with E-state index in [0.29, 0.717) is 21.9 Å². The summed E-state index contributed by atoms with van der Waals surface area (Å²) in [6, 6.07) is 0.788. The van der Waals surface area contributed by atoms with Crippen molar-refractivity contribution in [1.82, 2.24) is 85.1 Å². The van der Waals surface area contributed by atoms with Gasteiger partial charge in [-0.25, -0.2) is 0 Å². The van der Waals surface area contributed by atoms with Crippen LogP contribution in [-0.4, -0.2) is 271 Å². The molecule has 15 atom stereocenters. The summed E-state index contributed by atoms with van der Waals surface area (Å²) in [5.41, 5.74) is 11.2. The third-order valence-corrected chi connectivity index (χ3v) is 23.7. The van der Waals surface area contributed by atoms with Gasteiger partial charge in [0, 0.05) is 64.0 Å². The number of aliphatic carboxylic acids is 4. The predicted octanol–water partition coefficient (Wildman–Crippen LogP) is -3.79. The number of hydrogen-bond donors (Lipinski definition) is 23. The number of amides is 17. The molecule has 0 saturated carbocycles. The second kappa shape index (κ2) is 50.4. The summed E-state index contributed by atoms with van der Waals surface area (Å²) in [6.07, 6.45) is -8.32. The van der Waals surface area contributed by atoms with Crippen LogP contribution in [0.3, 0.4) is 0 Å². The number of fused-ring (bicyclic) bond motifs is 5. The number of nitrogens with two attached hydrogens (primary N) is 2. The first-order valence-electron chi connectivity index (χ1n) is 41.7. The number of hydrogen-bond acceptors (Lipinski definition) is 26. The van der Waals surface area contributed by atoms with Crippen molar-refractivity contribution >= 4 is 170 Å². The Morgan fingerprint density at radius 3 is 1.37 bits per heavy atom. The number of carbonyl (C=O) groups is 21. The quantitative estimate of drug-likeness (QED) is 0.0282. The van der Waals surface area contributed by atoms with E-state index in [0.717, 1.165) is 49.1 Å². The molecule has 7 rings (SSSR count). The summed E-state index contributed by atoms with van der Waals surface area (Å²) in [7, 11) is 1.44. The van der Waals surface area contributed by atoms with Gasteiger partial charge in [-0.3, -0.25) is 101 Å². The number of carbonyl (C=O) groups excluding carboxylic acids is 17. The number of thioether (sulfide) groups is 3. The normalized spacial score (nSPS) is 23.5. The molecule has 4 bridgehead atoms. The Kier molecular flexibility index (Phi) is 40.2. The van der Waals surface area contributed by atoms with Crippen molar-refractivity contribution in [2.24, 2.45) is 16.9 Å². The van der Waals surface area contributed by atoms with E-state index in [1.807, 2.05) is 0 Å². The molecule has 0 aromatic heterocycles. The van der Waals surface area contributed by atoms with Crippen molar-refractivity contribution in [3.8, 4) is 5.75 Å². The van der Waals surface area contributed by atoms with Gasteiger partial charge in [0.05, 0.1) is 25.8 Å². The number of nitrogens with one attached hydrogen (secondary N) is 16. The van der Waals surface area contributed by atoms with E-state index in [4.69, 9.17) is 11.5 Å². The molecule has 0 aliphatic carbocycles. The number of primary amides is 2. The highest BCUT2D eigenvalue weighted by Crippen LogP contribution is 2.34. The van der Waals surface area contributed by atoms with E-state index in [-0.39, 0.29) is 32.5 Å². The SMILES string of the molecule is CNCC(=O)N[C@@H](C)C(=O)N[C@H]1CSc2cc3cc(c2)SC[C@H](NC(=O)[C@@H](C)NC(=O)[C@H](Cc2cccc4ccccc24)NC(=O)[C@H](CCC(=O)O)NC(=O)[C@H](CC(N)=O)NC(=O)[C@@H](C)NC1=O)C(=O)N[C@@H](CCC(=O)O)C(=O)N[C@@H](CC(=O)O)C(=O)N[C@@H](Cc1ccccc1)C(=O)N[C@@H](Cc1ccc(O)cc1)C(=O)N[C@@H](CC(=O)O)C(=O)N[C@@H](C(C)(C)C)C(=O)N[C@H](C(N)=O)CS3. The minimum absolute atomic E-state index is 0.0949. The average molecular weight is 1910 g/mol. The molecule has 0 fully saturated rings. The van der Waals surface area contributed by atoms with Crippen LogP contribution in [0.2, 0.25) is 0 Å². The van der Waals surface area contributed by atoms with Gasteiger partial charge in [-0.05, 0) is 104 Å². The number of rotatable bonds is 24. The van der Waals surface area contributed by atoms with Crippen LogP contribution in [0, 0.1) is 5.41 Å². The number of phenolic OH excluding ortho intramolecular Hbond substituents is 1. The minimum atomic E-state index is -2.26. The molecule has 716 valence electrons. The van der Waals surface area contributed by atoms with E-state index in [9.17, 15) is 102 Å². The Balaban J connectivity index is 1.45. The third kappa shape index (κ3) is 34.4. The maximum absolute atomic E-state index is 15.5. The molecule has 44 nitrogen and oxygen atoms in total. The minimum Gasteiger partial charge on any atom is -0.508 e. The highest BCUT2D eigenvalue weighted by molar-refractivity contribution is 8.01. The van der Waals surface area contributed by atoms with Crippen LogP contribution < -0.4 is 96.5 Å². The average Bonchev–Trinajstić information content (AvgIpc) is 0.844. The molecule has 2 aliphatic heterocycles. The highest BCUT2D eigenvalue weighted by Gasteiger charge is 2.42. The third-order valence-electron chi connectivity index (χ3n) is 20.5. The Bertz CT molecular complexity index is 5180. The molecule has 47 heteroatoms. The molecular formula is C86H108N18O26S3. The Hall–Kier alpha value is -14.0. The lowest BCUT2D eigenvalue weighted by Crippen LogP contribution is -2.62. The molecule has 2 heterocycles. The van der Waals surface area contributed by atoms with Gasteiger partial charge in [0.25, 0.3) is 0 Å². The first-order valence-corrected chi connectivity index (χ1v) is 44.7. The maximum Gasteiger partial charge on any atom is 0.305 e. The Morgan fingerprint density at radius 1 is 0.436 bits per heavy atom. The number of carboxylic acids is 4. The van der Waals surface area contributed by atoms with Crippen molar-refractivity contribution in [3.05, 3.63) is 132 Å². The first-order chi connectivity index (χ1) is 62.7. The van der Waals surface area contributed by atoms with E-state index in [2.05, 4.69) is 85.1 Å². The molecule has 133 heavy (non-hydrogen) atoms. The molecule has 0 radical (unpaired) electrons. The number of aromatic hydroxyl groups is 1. The first kappa shape index (κ1) is 106. The number of phenols is 1. The maximum atomic E-state index is 15.5. The molecule has 2 aliphatic rings. The highest BCUT2D eigenvalue weighted by atomic mass is 32.2. The van der Waals surface area contributed by atoms with Gasteiger partial charge in [0.2, 0.25) is 100 Å². The Labute approximate surface area is 774 Å². The fraction of sp³-hybridized carbons (Fsp3) is 0.430. The van der Waals surface area contributed by atoms with Gasteiger partial charge in [0.15, 0.2) is 0 Å². The van der Waals surface area contributed by atoms with E-state index in [1.54, 1.807) is 48.5 Å². The summed E-state index contributed by atoms with van der Waals surface area (Å²) < 4.78 is 0. The van der Waals surface area contributed by atoms with Crippen LogP contribution >= 0.6 is 35.3 Å². The van der Waals surface area contributed by atoms with E-state index in [1.165, 1.54) is 101 Å². The van der Waals surface area contributed by atoms with Gasteiger partial charge in [0.1, 0.15) is 96.4 Å². The molecule has 5 aromatic carbocycles. The lowest BCUT2D eigenvalue weighted by molar-refractivity contribution is -0.142. The summed E-state index contributed by atoms with van der Waals surface area (Å²) >= 11 is 2.34. The van der Waals surface area contributed by atoms with Crippen LogP contribution in [0.5, 0.6) is 5.75 Å². The smallest absolute Gasteiger partial charge is 0.305 e. The molecule has 5 aromatic rings. The summed E-state index contributed by atoms with van der Waals surface area (Å²) in [6.45, 7) is 7.64. The summed E-state index contributed by atoms with van der Waals surface area (Å²) in [5.74, 6) is -29.0. The van der Waals surface area contributed by atoms with Crippen LogP contribution in [0.15, 0.2) is 130 Å². The molecule has 25 N–H and O–H groups in total. The number of benzene rings is 5. The molecular weight excluding hydrogens is 1800 g/mol. The second-order valence-electron chi connectivity index (χ2n) is 32.4. The molecule has 0 saturated heterocycles. The van der Waals surface area contributed by atoms with Gasteiger partial charge in [-0.15, -0.1) is 35.3 Å². The van der Waals surface area contributed by atoms with Crippen molar-refractivity contribution < 1.29 is 126 Å². The van der Waals surface area contributed by atoms with Crippen molar-refractivity contribution in [1.29, 1.82) is 0 Å². The lowest BCUT2D eigenvalue weighted by atomic mass is 9.85. The largest absolute Gasteiger partial charge is 0.508 e. The summed E-state index contributed by atoms with van der Waals surface area (Å²) in [5, 5.41) is 91.1. The van der Waals surface area contributed by atoms with Gasteiger partial charge in [-0.2, -0.15) is 0 Å². The van der Waals surface area contributed by atoms with Crippen LogP contribution in [-0.2, 0) is 120 Å². The van der Waals surface area contributed by atoms with Gasteiger partial charge < -0.3 is 122 Å². The fourth-order valence-corrected chi connectivity index (χ4v) is 16.7. The van der Waals surface area contributed by atoms with Crippen LogP contribution in [0.25, 0.3) is 10.8 Å². The monoisotopic (exact) mass is 1900 g/mol. The van der Waals surface area contributed by atoms with Crippen LogP contribution in [0.1, 0.15) is 103 Å². The van der Waals surface area contributed by atoms with E-state index >= 15 is 24.0 Å². The molecule has 0 unspecified atom stereocenters. The second-order valence-corrected chi connectivity index (χ2v) is 35.7. The molecule has 17 amide bonds. The fourth-order valence-electron chi connectivity index (χ4n) is 13.4. The Morgan fingerprint density at radius 2 is 0.857 bits per heavy atom. The van der Waals surface area contributed by atoms with Gasteiger partial charge >= 0.3 is 23.9 Å². The van der Waals surface area contributed by atoms with Crippen molar-refractivity contribution in [3.63, 3.8) is 0 Å². The zero-order chi connectivity index (χ0) is 98.3. The summed E-state index contributed by atoms with van der Waals surface area (Å²) in [4.78, 5) is 298. The van der Waals surface area contributed by atoms with Gasteiger partial charge in [-0.1, -0.05) is 106 Å². The van der Waals surface area contributed by atoms with Crippen molar-refractivity contribution in [2.45, 2.75) is 211 Å². The topological polar surface area (TPSA) is 704 Å². The zero-order valence-electron chi connectivity index (χ0n) is 73.2. The zero-order valence-corrected chi connectivity index (χ0v) is 75.7. The predicted molar refractivity (Wildman–Crippen MR) is 479 cm³/mol. The molecule has 0 spiro atoms. The number of carboxylic acid groups (broad SMARTS) is 4. The van der Waals surface area contributed by atoms with Crippen molar-refractivity contribution in [2.75, 3.05) is 30.9 Å². The van der Waals surface area contributed by atoms with E-state index < -0.39 is 302 Å². The van der Waals surface area contributed by atoms with Crippen LogP contribution in [0.4, 0.5) is 0 Å². The standard InChI is InChI=1S/C86H108N18O26S3/c1-41(90-65(107)37-89-7)72(117)102-62-39-132-50-31-49-32-51(33-50)133-40-63(103-74(119)43(3)91-77(122)57(30-47-18-13-17-46-16-11-12-19-52(46)47)98-75(120)53(24-26-66(108)109)93-80(125)58(34-64(87)106)95-73(118)42(2)92-83(62)128)84(129)94-54(25-27-67(110)111)76(121)99-59(35-68(112)113)81(126)97-55(28-44-14-9-8-10-15-44)78(123)96-56(29-45-20-22-48(105)23-21-45)79(124)100-60(36-69(114)115)82(127)104-70(86(4,5)6)85(130)101-61(38-131-49)71(88)116/h8-23,31-33,41-43,53-63,70,89,105H,24-30,34-40H2,1-7H3,(H2,87,106)(H2,88,116)(H,90,107)(H,91,122)(H,92,128)(H,93,125)(H,94,129)(H,95,118)(H,96,123)(H,97,126)(H,98,120)(H,99,121)(H,100,124)(H,101,130)(H,102,117)(H,103,119)(H,104,127)(H,108,109)(H,110,111)(H,112,113)(H,114,115)/t41-,42+,43+,53-,54-,55-,56-,57-,58-,59-,60-,61-,62-,63-,70+/m0/s1.